The van der Waals surface area contributed by atoms with Gasteiger partial charge in [0.25, 0.3) is 5.69 Å². The number of para-hydroxylation sites is 1. The zero-order valence-electron chi connectivity index (χ0n) is 17.7. The van der Waals surface area contributed by atoms with Crippen LogP contribution in [0, 0.1) is 21.4 Å². The average Bonchev–Trinajstić information content (AvgIpc) is 3.19. The Morgan fingerprint density at radius 2 is 1.73 bits per heavy atom. The lowest BCUT2D eigenvalue weighted by Crippen LogP contribution is -1.97. The Morgan fingerprint density at radius 3 is 2.55 bits per heavy atom. The summed E-state index contributed by atoms with van der Waals surface area (Å²) in [6.45, 7) is 0.692. The lowest BCUT2D eigenvalue weighted by atomic mass is 10.0. The van der Waals surface area contributed by atoms with E-state index in [1.165, 1.54) is 28.5 Å². The van der Waals surface area contributed by atoms with Crippen molar-refractivity contribution in [3.63, 3.8) is 0 Å². The smallest absolute Gasteiger partial charge is 0.270 e. The number of nitro groups is 1. The van der Waals surface area contributed by atoms with E-state index in [0.29, 0.717) is 17.7 Å². The zero-order chi connectivity index (χ0) is 22.8. The van der Waals surface area contributed by atoms with E-state index >= 15 is 0 Å². The fourth-order valence-corrected chi connectivity index (χ4v) is 4.18. The third-order valence-electron chi connectivity index (χ3n) is 5.77. The molecule has 158 valence electrons. The Labute approximate surface area is 190 Å². The van der Waals surface area contributed by atoms with Crippen molar-refractivity contribution in [1.82, 2.24) is 4.57 Å². The number of hydrogen-bond acceptors (Lipinski definition) is 3. The largest absolute Gasteiger partial charge is 0.342 e. The normalized spacial score (nSPS) is 11.5. The van der Waals surface area contributed by atoms with Crippen LogP contribution in [0.4, 0.5) is 5.69 Å². The van der Waals surface area contributed by atoms with Crippen molar-refractivity contribution in [2.75, 3.05) is 0 Å². The molecule has 5 rings (SSSR count). The fourth-order valence-electron chi connectivity index (χ4n) is 4.18. The molecule has 0 bridgehead atoms. The Kier molecular flexibility index (Phi) is 5.18. The number of non-ortho nitro benzene ring substituents is 1. The summed E-state index contributed by atoms with van der Waals surface area (Å²) in [4.78, 5) is 10.7. The predicted molar refractivity (Wildman–Crippen MR) is 132 cm³/mol. The van der Waals surface area contributed by atoms with Crippen molar-refractivity contribution in [3.05, 3.63) is 124 Å². The minimum Gasteiger partial charge on any atom is -0.342 e. The highest BCUT2D eigenvalue weighted by Gasteiger charge is 2.12. The first kappa shape index (κ1) is 20.2. The van der Waals surface area contributed by atoms with E-state index in [9.17, 15) is 15.4 Å². The summed E-state index contributed by atoms with van der Waals surface area (Å²) in [5, 5.41) is 24.4. The van der Waals surface area contributed by atoms with Gasteiger partial charge in [-0.1, -0.05) is 66.7 Å². The van der Waals surface area contributed by atoms with Gasteiger partial charge < -0.3 is 4.57 Å². The molecule has 5 heteroatoms. The van der Waals surface area contributed by atoms with Gasteiger partial charge in [-0.2, -0.15) is 5.26 Å². The number of nitriles is 1. The summed E-state index contributed by atoms with van der Waals surface area (Å²) >= 11 is 0. The van der Waals surface area contributed by atoms with Crippen LogP contribution < -0.4 is 0 Å². The predicted octanol–water partition coefficient (Wildman–Crippen LogP) is 6.82. The zero-order valence-corrected chi connectivity index (χ0v) is 17.7. The van der Waals surface area contributed by atoms with Gasteiger partial charge in [-0.15, -0.1) is 0 Å². The minimum absolute atomic E-state index is 0.0348. The molecule has 0 saturated heterocycles. The van der Waals surface area contributed by atoms with Crippen molar-refractivity contribution < 1.29 is 4.92 Å². The number of nitrogens with zero attached hydrogens (tertiary/aromatic N) is 3. The highest BCUT2D eigenvalue weighted by molar-refractivity contribution is 5.98. The fraction of sp³-hybridized carbons (Fsp3) is 0.0357. The number of nitro benzene ring substituents is 1. The molecule has 0 fully saturated rings. The summed E-state index contributed by atoms with van der Waals surface area (Å²) in [5.41, 5.74) is 4.02. The lowest BCUT2D eigenvalue weighted by molar-refractivity contribution is -0.384. The molecular formula is C28H19N3O2. The van der Waals surface area contributed by atoms with Crippen LogP contribution in [0.2, 0.25) is 0 Å². The molecule has 0 N–H and O–H groups in total. The van der Waals surface area contributed by atoms with Crippen LogP contribution in [0.1, 0.15) is 16.7 Å². The van der Waals surface area contributed by atoms with Gasteiger partial charge in [-0.3, -0.25) is 10.1 Å². The molecule has 33 heavy (non-hydrogen) atoms. The molecule has 5 nitrogen and oxygen atoms in total. The SMILES string of the molecule is N#C/C(=C/c1cn(Cc2ccc3ccccc3c2)c2ccccc12)c1cccc([N+](=O)[O-])c1. The molecule has 0 unspecified atom stereocenters. The van der Waals surface area contributed by atoms with Gasteiger partial charge in [0.15, 0.2) is 0 Å². The molecule has 1 heterocycles. The molecule has 4 aromatic carbocycles. The summed E-state index contributed by atoms with van der Waals surface area (Å²) in [5.74, 6) is 0. The lowest BCUT2D eigenvalue weighted by Gasteiger charge is -2.07. The van der Waals surface area contributed by atoms with Crippen molar-refractivity contribution in [2.45, 2.75) is 6.54 Å². The maximum absolute atomic E-state index is 11.2. The van der Waals surface area contributed by atoms with E-state index in [4.69, 9.17) is 0 Å². The standard InChI is InChI=1S/C28H19N3O2/c29-17-24(23-8-5-9-26(16-23)31(32)33)15-25-19-30(28-11-4-3-10-27(25)28)18-20-12-13-21-6-1-2-7-22(21)14-20/h1-16,19H,18H2/b24-15-. The maximum Gasteiger partial charge on any atom is 0.270 e. The van der Waals surface area contributed by atoms with Crippen molar-refractivity contribution in [3.8, 4) is 6.07 Å². The van der Waals surface area contributed by atoms with E-state index in [1.807, 2.05) is 36.5 Å². The van der Waals surface area contributed by atoms with Crippen LogP contribution >= 0.6 is 0 Å². The first-order chi connectivity index (χ1) is 16.1. The van der Waals surface area contributed by atoms with Gasteiger partial charge in [-0.25, -0.2) is 0 Å². The van der Waals surface area contributed by atoms with E-state index < -0.39 is 4.92 Å². The van der Waals surface area contributed by atoms with Crippen LogP contribution in [0.25, 0.3) is 33.3 Å². The molecule has 0 aliphatic carbocycles. The van der Waals surface area contributed by atoms with Crippen LogP contribution in [0.5, 0.6) is 0 Å². The molecule has 0 aliphatic rings. The quantitative estimate of drug-likeness (QED) is 0.175. The molecule has 0 atom stereocenters. The Hall–Kier alpha value is -4.69. The maximum atomic E-state index is 11.2. The van der Waals surface area contributed by atoms with Crippen LogP contribution in [0.3, 0.4) is 0 Å². The van der Waals surface area contributed by atoms with Gasteiger partial charge >= 0.3 is 0 Å². The van der Waals surface area contributed by atoms with E-state index in [2.05, 4.69) is 47.0 Å². The van der Waals surface area contributed by atoms with Crippen LogP contribution in [0.15, 0.2) is 97.2 Å². The van der Waals surface area contributed by atoms with E-state index in [0.717, 1.165) is 16.5 Å². The van der Waals surface area contributed by atoms with Crippen molar-refractivity contribution >= 4 is 39.0 Å². The minimum atomic E-state index is -0.450. The number of hydrogen-bond donors (Lipinski definition) is 0. The van der Waals surface area contributed by atoms with Crippen LogP contribution in [-0.4, -0.2) is 9.49 Å². The van der Waals surface area contributed by atoms with Gasteiger partial charge in [0.2, 0.25) is 0 Å². The molecule has 5 aromatic rings. The molecule has 0 aliphatic heterocycles. The summed E-state index contributed by atoms with van der Waals surface area (Å²) in [7, 11) is 0. The first-order valence-corrected chi connectivity index (χ1v) is 10.5. The van der Waals surface area contributed by atoms with Gasteiger partial charge in [0.1, 0.15) is 0 Å². The molecular weight excluding hydrogens is 410 g/mol. The Balaban J connectivity index is 1.57. The molecule has 0 spiro atoms. The Bertz CT molecular complexity index is 1590. The second-order valence-electron chi connectivity index (χ2n) is 7.89. The van der Waals surface area contributed by atoms with Gasteiger partial charge in [0.05, 0.1) is 16.6 Å². The second kappa shape index (κ2) is 8.45. The summed E-state index contributed by atoms with van der Waals surface area (Å²) in [6.07, 6.45) is 3.84. The monoisotopic (exact) mass is 429 g/mol. The van der Waals surface area contributed by atoms with Gasteiger partial charge in [0, 0.05) is 41.3 Å². The highest BCUT2D eigenvalue weighted by Crippen LogP contribution is 2.28. The van der Waals surface area contributed by atoms with Crippen LogP contribution in [-0.2, 0) is 6.54 Å². The van der Waals surface area contributed by atoms with Crippen molar-refractivity contribution in [2.24, 2.45) is 0 Å². The Morgan fingerprint density at radius 1 is 0.939 bits per heavy atom. The average molecular weight is 429 g/mol. The number of rotatable bonds is 5. The topological polar surface area (TPSA) is 71.9 Å². The molecule has 0 amide bonds. The highest BCUT2D eigenvalue weighted by atomic mass is 16.6. The van der Waals surface area contributed by atoms with E-state index in [1.54, 1.807) is 18.2 Å². The summed E-state index contributed by atoms with van der Waals surface area (Å²) < 4.78 is 2.17. The number of benzene rings is 4. The molecule has 0 radical (unpaired) electrons. The number of allylic oxidation sites excluding steroid dienone is 1. The van der Waals surface area contributed by atoms with E-state index in [-0.39, 0.29) is 5.69 Å². The first-order valence-electron chi connectivity index (χ1n) is 10.5. The number of fused-ring (bicyclic) bond motifs is 2. The number of aromatic nitrogens is 1. The second-order valence-corrected chi connectivity index (χ2v) is 7.89. The third kappa shape index (κ3) is 3.98. The van der Waals surface area contributed by atoms with Crippen molar-refractivity contribution in [1.29, 1.82) is 5.26 Å². The molecule has 1 aromatic heterocycles. The molecule has 0 saturated carbocycles. The third-order valence-corrected chi connectivity index (χ3v) is 5.77. The van der Waals surface area contributed by atoms with Gasteiger partial charge in [-0.05, 0) is 40.1 Å². The summed E-state index contributed by atoms with van der Waals surface area (Å²) in [6, 6.07) is 31.2.